The monoisotopic (exact) mass is 348 g/mol. The molecule has 19 heavy (non-hydrogen) atoms. The predicted molar refractivity (Wildman–Crippen MR) is 80.9 cm³/mol. The van der Waals surface area contributed by atoms with Crippen molar-refractivity contribution in [2.75, 3.05) is 40.4 Å². The zero-order chi connectivity index (χ0) is 14.3. The van der Waals surface area contributed by atoms with E-state index in [0.717, 1.165) is 17.6 Å². The summed E-state index contributed by atoms with van der Waals surface area (Å²) in [4.78, 5) is 14.1. The Morgan fingerprint density at radius 3 is 2.89 bits per heavy atom. The van der Waals surface area contributed by atoms with Crippen molar-refractivity contribution < 1.29 is 9.53 Å². The fraction of sp³-hybridized carbons (Fsp3) is 0.462. The highest BCUT2D eigenvalue weighted by Gasteiger charge is 2.10. The van der Waals surface area contributed by atoms with Crippen LogP contribution in [0.25, 0.3) is 0 Å². The lowest BCUT2D eigenvalue weighted by atomic mass is 10.2. The van der Waals surface area contributed by atoms with E-state index in [1.807, 2.05) is 7.05 Å². The minimum Gasteiger partial charge on any atom is -0.383 e. The van der Waals surface area contributed by atoms with Gasteiger partial charge in [-0.05, 0) is 41.2 Å². The van der Waals surface area contributed by atoms with E-state index in [-0.39, 0.29) is 5.91 Å². The second-order valence-corrected chi connectivity index (χ2v) is 5.47. The number of benzene rings is 1. The molecule has 1 amide bonds. The third kappa shape index (κ3) is 5.91. The van der Waals surface area contributed by atoms with Crippen molar-refractivity contribution in [1.29, 1.82) is 0 Å². The van der Waals surface area contributed by atoms with Crippen molar-refractivity contribution in [3.8, 4) is 0 Å². The van der Waals surface area contributed by atoms with E-state index >= 15 is 0 Å². The van der Waals surface area contributed by atoms with Crippen LogP contribution in [0.15, 0.2) is 22.7 Å². The number of nitrogens with zero attached hydrogens (tertiary/aromatic N) is 1. The van der Waals surface area contributed by atoms with Gasteiger partial charge in [-0.25, -0.2) is 0 Å². The van der Waals surface area contributed by atoms with E-state index in [0.29, 0.717) is 23.7 Å². The zero-order valence-corrected chi connectivity index (χ0v) is 13.4. The number of carbonyl (C=O) groups is 1. The molecule has 4 nitrogen and oxygen atoms in total. The molecule has 0 aliphatic rings. The van der Waals surface area contributed by atoms with E-state index < -0.39 is 0 Å². The second-order valence-electron chi connectivity index (χ2n) is 4.18. The van der Waals surface area contributed by atoms with Crippen molar-refractivity contribution in [3.63, 3.8) is 0 Å². The number of carbonyl (C=O) groups excluding carboxylic acids is 1. The van der Waals surface area contributed by atoms with Crippen molar-refractivity contribution >= 4 is 33.4 Å². The van der Waals surface area contributed by atoms with Gasteiger partial charge < -0.3 is 15.0 Å². The highest BCUT2D eigenvalue weighted by atomic mass is 79.9. The number of ether oxygens (including phenoxy) is 1. The smallest absolute Gasteiger partial charge is 0.252 e. The van der Waals surface area contributed by atoms with Crippen molar-refractivity contribution in [2.45, 2.75) is 0 Å². The maximum atomic E-state index is 12.0. The van der Waals surface area contributed by atoms with Crippen LogP contribution in [0.5, 0.6) is 0 Å². The highest BCUT2D eigenvalue weighted by Crippen LogP contribution is 2.20. The van der Waals surface area contributed by atoms with Crippen LogP contribution in [0.4, 0.5) is 0 Å². The summed E-state index contributed by atoms with van der Waals surface area (Å²) in [6.45, 7) is 2.88. The van der Waals surface area contributed by atoms with Crippen LogP contribution in [0.2, 0.25) is 5.02 Å². The van der Waals surface area contributed by atoms with E-state index in [9.17, 15) is 4.79 Å². The average molecular weight is 350 g/mol. The third-order valence-electron chi connectivity index (χ3n) is 2.63. The highest BCUT2D eigenvalue weighted by molar-refractivity contribution is 9.10. The lowest BCUT2D eigenvalue weighted by molar-refractivity contribution is 0.0947. The Morgan fingerprint density at radius 2 is 2.21 bits per heavy atom. The van der Waals surface area contributed by atoms with Gasteiger partial charge in [0.1, 0.15) is 0 Å². The van der Waals surface area contributed by atoms with Gasteiger partial charge in [-0.3, -0.25) is 4.79 Å². The van der Waals surface area contributed by atoms with Crippen LogP contribution in [0.3, 0.4) is 0 Å². The molecule has 0 atom stereocenters. The van der Waals surface area contributed by atoms with Crippen LogP contribution in [-0.4, -0.2) is 51.2 Å². The Labute approximate surface area is 127 Å². The second kappa shape index (κ2) is 8.53. The van der Waals surface area contributed by atoms with E-state index in [1.165, 1.54) is 0 Å². The summed E-state index contributed by atoms with van der Waals surface area (Å²) in [5.74, 6) is -0.130. The Balaban J connectivity index is 2.41. The van der Waals surface area contributed by atoms with E-state index in [1.54, 1.807) is 25.3 Å². The molecule has 0 saturated heterocycles. The number of amides is 1. The molecule has 0 unspecified atom stereocenters. The molecule has 0 saturated carbocycles. The number of nitrogens with one attached hydrogen (secondary N) is 1. The molecule has 1 aromatic rings. The molecule has 106 valence electrons. The normalized spacial score (nSPS) is 10.8. The third-order valence-corrected chi connectivity index (χ3v) is 3.56. The average Bonchev–Trinajstić information content (AvgIpc) is 2.39. The lowest BCUT2D eigenvalue weighted by Crippen LogP contribution is -2.34. The maximum Gasteiger partial charge on any atom is 0.252 e. The SMILES string of the molecule is COCCN(C)CCNC(=O)c1cc(Cl)ccc1Br. The van der Waals surface area contributed by atoms with Crippen LogP contribution >= 0.6 is 27.5 Å². The molecule has 6 heteroatoms. The van der Waals surface area contributed by atoms with Gasteiger partial charge in [0.15, 0.2) is 0 Å². The summed E-state index contributed by atoms with van der Waals surface area (Å²) < 4.78 is 5.73. The van der Waals surface area contributed by atoms with Gasteiger partial charge in [0.25, 0.3) is 5.91 Å². The molecular weight excluding hydrogens is 332 g/mol. The van der Waals surface area contributed by atoms with Crippen LogP contribution < -0.4 is 5.32 Å². The van der Waals surface area contributed by atoms with Gasteiger partial charge in [-0.2, -0.15) is 0 Å². The molecule has 1 rings (SSSR count). The summed E-state index contributed by atoms with van der Waals surface area (Å²) in [6.07, 6.45) is 0. The molecule has 1 N–H and O–H groups in total. The molecule has 1 aromatic carbocycles. The summed E-state index contributed by atoms with van der Waals surface area (Å²) in [5, 5.41) is 3.41. The van der Waals surface area contributed by atoms with Crippen molar-refractivity contribution in [2.24, 2.45) is 0 Å². The quantitative estimate of drug-likeness (QED) is 0.822. The first kappa shape index (κ1) is 16.4. The Morgan fingerprint density at radius 1 is 1.47 bits per heavy atom. The van der Waals surface area contributed by atoms with Gasteiger partial charge in [0.05, 0.1) is 12.2 Å². The van der Waals surface area contributed by atoms with Crippen LogP contribution in [0, 0.1) is 0 Å². The van der Waals surface area contributed by atoms with Gasteiger partial charge in [-0.1, -0.05) is 11.6 Å². The number of rotatable bonds is 7. The fourth-order valence-electron chi connectivity index (χ4n) is 1.49. The topological polar surface area (TPSA) is 41.6 Å². The fourth-order valence-corrected chi connectivity index (χ4v) is 2.08. The Hall–Kier alpha value is -0.620. The summed E-state index contributed by atoms with van der Waals surface area (Å²) in [5.41, 5.74) is 0.548. The largest absolute Gasteiger partial charge is 0.383 e. The maximum absolute atomic E-state index is 12.0. The molecule has 0 heterocycles. The molecule has 0 aromatic heterocycles. The first-order valence-electron chi connectivity index (χ1n) is 5.95. The molecule has 0 aliphatic carbocycles. The van der Waals surface area contributed by atoms with E-state index in [4.69, 9.17) is 16.3 Å². The number of hydrogen-bond acceptors (Lipinski definition) is 3. The van der Waals surface area contributed by atoms with Crippen LogP contribution in [-0.2, 0) is 4.74 Å². The molecular formula is C13H18BrClN2O2. The molecule has 0 radical (unpaired) electrons. The van der Waals surface area contributed by atoms with Crippen molar-refractivity contribution in [3.05, 3.63) is 33.3 Å². The van der Waals surface area contributed by atoms with Crippen LogP contribution in [0.1, 0.15) is 10.4 Å². The standard InChI is InChI=1S/C13H18BrClN2O2/c1-17(7-8-19-2)6-5-16-13(18)11-9-10(15)3-4-12(11)14/h3-4,9H,5-8H2,1-2H3,(H,16,18). The van der Waals surface area contributed by atoms with Crippen molar-refractivity contribution in [1.82, 2.24) is 10.2 Å². The summed E-state index contributed by atoms with van der Waals surface area (Å²) in [6, 6.07) is 5.15. The van der Waals surface area contributed by atoms with Gasteiger partial charge in [0.2, 0.25) is 0 Å². The Kier molecular flexibility index (Phi) is 7.38. The minimum absolute atomic E-state index is 0.130. The lowest BCUT2D eigenvalue weighted by Gasteiger charge is -2.16. The number of likely N-dealkylation sites (N-methyl/N-ethyl adjacent to an activating group) is 1. The minimum atomic E-state index is -0.130. The van der Waals surface area contributed by atoms with Gasteiger partial charge in [-0.15, -0.1) is 0 Å². The zero-order valence-electron chi connectivity index (χ0n) is 11.1. The number of halogens is 2. The van der Waals surface area contributed by atoms with Gasteiger partial charge in [0, 0.05) is 36.2 Å². The summed E-state index contributed by atoms with van der Waals surface area (Å²) >= 11 is 9.22. The molecule has 0 fully saturated rings. The Bertz CT molecular complexity index is 429. The van der Waals surface area contributed by atoms with E-state index in [2.05, 4.69) is 26.1 Å². The first-order valence-corrected chi connectivity index (χ1v) is 7.12. The number of hydrogen-bond donors (Lipinski definition) is 1. The number of methoxy groups -OCH3 is 1. The molecule has 0 aliphatic heterocycles. The molecule has 0 bridgehead atoms. The summed E-state index contributed by atoms with van der Waals surface area (Å²) in [7, 11) is 3.66. The predicted octanol–water partition coefficient (Wildman–Crippen LogP) is 2.41. The van der Waals surface area contributed by atoms with Gasteiger partial charge >= 0.3 is 0 Å². The first-order chi connectivity index (χ1) is 9.04. The molecule has 0 spiro atoms.